The number of nitrogens with one attached hydrogen (secondary N) is 2. The molecule has 0 atom stereocenters. The molecule has 6 aliphatic carbocycles. The van der Waals surface area contributed by atoms with Crippen molar-refractivity contribution in [3.8, 4) is 5.69 Å². The van der Waals surface area contributed by atoms with Crippen LogP contribution in [0.15, 0.2) is 24.5 Å². The standard InChI is InChI=1S/C26H30F3N7.C15H18ClF3N4/c1-15-8-17(6-7-18(15)36-14-31-16(2)34-36)9-19-32-21(30-5)20-22(33-19)35(13-23(20,3)4)25-10-24(11-25,12-25)26(27,28)29;1-12(2)7-23(10-8(12)9(20-3)21-11(16)22-10)14-4-13(5-14,6-14)15(17,18)19/h6-8,14H,9-13H2,1-5H3,(H,30,32,33);4-7H2,1-3H3,(H,20,21,22). The zero-order chi connectivity index (χ0) is 42.5. The summed E-state index contributed by atoms with van der Waals surface area (Å²) in [5.74, 6) is 4.26. The minimum Gasteiger partial charge on any atom is -0.373 e. The maximum atomic E-state index is 13.6. The largest absolute Gasteiger partial charge is 0.394 e. The Bertz CT molecular complexity index is 2350. The third kappa shape index (κ3) is 5.74. The van der Waals surface area contributed by atoms with Gasteiger partial charge in [0.2, 0.25) is 5.28 Å². The van der Waals surface area contributed by atoms with Gasteiger partial charge in [0.1, 0.15) is 41.2 Å². The minimum atomic E-state index is -4.13. The molecule has 1 aromatic carbocycles. The van der Waals surface area contributed by atoms with Crippen molar-refractivity contribution in [2.45, 2.75) is 121 Å². The van der Waals surface area contributed by atoms with Crippen LogP contribution in [0.2, 0.25) is 5.28 Å². The van der Waals surface area contributed by atoms with Gasteiger partial charge < -0.3 is 20.4 Å². The molecule has 12 rings (SSSR count). The van der Waals surface area contributed by atoms with Crippen molar-refractivity contribution in [2.24, 2.45) is 10.8 Å². The van der Waals surface area contributed by atoms with E-state index in [1.807, 2.05) is 37.9 Å². The van der Waals surface area contributed by atoms with Crippen LogP contribution in [-0.4, -0.2) is 85.3 Å². The summed E-state index contributed by atoms with van der Waals surface area (Å²) in [4.78, 5) is 26.8. The number of hydrogen-bond acceptors (Lipinski definition) is 10. The van der Waals surface area contributed by atoms with E-state index in [1.165, 1.54) is 0 Å². The van der Waals surface area contributed by atoms with Gasteiger partial charge in [0, 0.05) is 66.6 Å². The second-order valence-electron chi connectivity index (χ2n) is 19.3. The third-order valence-electron chi connectivity index (χ3n) is 14.1. The Kier molecular flexibility index (Phi) is 8.37. The van der Waals surface area contributed by atoms with Gasteiger partial charge in [-0.25, -0.2) is 29.6 Å². The van der Waals surface area contributed by atoms with Crippen LogP contribution in [-0.2, 0) is 17.3 Å². The van der Waals surface area contributed by atoms with Crippen molar-refractivity contribution < 1.29 is 26.3 Å². The molecular formula is C41H48ClF6N11. The molecule has 6 saturated carbocycles. The van der Waals surface area contributed by atoms with Crippen LogP contribution in [0.25, 0.3) is 5.69 Å². The van der Waals surface area contributed by atoms with Gasteiger partial charge in [0.05, 0.1) is 16.5 Å². The first kappa shape index (κ1) is 40.0. The smallest absolute Gasteiger partial charge is 0.373 e. The molecule has 0 spiro atoms. The van der Waals surface area contributed by atoms with Gasteiger partial charge in [0.25, 0.3) is 0 Å². The summed E-state index contributed by atoms with van der Waals surface area (Å²) in [6.45, 7) is 13.5. The van der Waals surface area contributed by atoms with Crippen molar-refractivity contribution in [1.29, 1.82) is 0 Å². The normalized spacial score (nSPS) is 28.9. The lowest BCUT2D eigenvalue weighted by Crippen LogP contribution is -2.79. The Balaban J connectivity index is 0.000000168. The highest BCUT2D eigenvalue weighted by Gasteiger charge is 2.82. The topological polar surface area (TPSA) is 113 Å². The molecule has 4 aromatic rings. The highest BCUT2D eigenvalue weighted by molar-refractivity contribution is 6.28. The lowest BCUT2D eigenvalue weighted by atomic mass is 9.38. The summed E-state index contributed by atoms with van der Waals surface area (Å²) >= 11 is 6.02. The lowest BCUT2D eigenvalue weighted by Gasteiger charge is -2.73. The molecule has 2 N–H and O–H groups in total. The predicted molar refractivity (Wildman–Crippen MR) is 213 cm³/mol. The number of fused-ring (bicyclic) bond motifs is 2. The lowest BCUT2D eigenvalue weighted by molar-refractivity contribution is -0.332. The fourth-order valence-corrected chi connectivity index (χ4v) is 11.4. The van der Waals surface area contributed by atoms with Crippen LogP contribution in [0.4, 0.5) is 49.6 Å². The van der Waals surface area contributed by atoms with E-state index in [1.54, 1.807) is 18.1 Å². The van der Waals surface area contributed by atoms with Gasteiger partial charge in [-0.05, 0) is 81.2 Å². The van der Waals surface area contributed by atoms with Crippen LogP contribution in [0, 0.1) is 24.7 Å². The number of rotatable bonds is 7. The Morgan fingerprint density at radius 2 is 1.20 bits per heavy atom. The summed E-state index contributed by atoms with van der Waals surface area (Å²) in [6.07, 6.45) is -5.04. The molecular weight excluding hydrogens is 796 g/mol. The summed E-state index contributed by atoms with van der Waals surface area (Å²) in [5, 5.41) is 10.8. The van der Waals surface area contributed by atoms with Crippen LogP contribution >= 0.6 is 11.6 Å². The zero-order valence-electron chi connectivity index (χ0n) is 34.3. The number of nitrogens with zero attached hydrogens (tertiary/aromatic N) is 9. The summed E-state index contributed by atoms with van der Waals surface area (Å²) < 4.78 is 81.8. The van der Waals surface area contributed by atoms with Crippen LogP contribution in [0.1, 0.15) is 100 Å². The Labute approximate surface area is 343 Å². The fraction of sp³-hybridized carbons (Fsp3) is 0.610. The average molecular weight is 844 g/mol. The van der Waals surface area contributed by atoms with E-state index in [9.17, 15) is 26.3 Å². The van der Waals surface area contributed by atoms with Crippen LogP contribution < -0.4 is 20.4 Å². The van der Waals surface area contributed by atoms with Gasteiger partial charge in [-0.1, -0.05) is 39.8 Å². The molecule has 2 aliphatic heterocycles. The van der Waals surface area contributed by atoms with Gasteiger partial charge >= 0.3 is 12.4 Å². The van der Waals surface area contributed by atoms with Crippen molar-refractivity contribution in [3.05, 3.63) is 63.7 Å². The second kappa shape index (κ2) is 12.3. The van der Waals surface area contributed by atoms with E-state index >= 15 is 0 Å². The highest BCUT2D eigenvalue weighted by atomic mass is 35.5. The van der Waals surface area contributed by atoms with Crippen molar-refractivity contribution in [3.63, 3.8) is 0 Å². The van der Waals surface area contributed by atoms with Crippen molar-refractivity contribution >= 4 is 34.9 Å². The molecule has 6 fully saturated rings. The first-order valence-corrected chi connectivity index (χ1v) is 20.3. The van der Waals surface area contributed by atoms with Crippen LogP contribution in [0.3, 0.4) is 0 Å². The van der Waals surface area contributed by atoms with Crippen molar-refractivity contribution in [2.75, 3.05) is 47.6 Å². The van der Waals surface area contributed by atoms with Crippen molar-refractivity contribution in [1.82, 2.24) is 34.7 Å². The molecule has 8 aliphatic rings. The monoisotopic (exact) mass is 843 g/mol. The molecule has 0 amide bonds. The SMILES string of the molecule is CNc1nc(Cc2ccc(-n3cnc(C)n3)c(C)c2)nc2c1C(C)(C)CN2C12CC(C(F)(F)F)(C1)C2.CNc1nc(Cl)nc2c1C(C)(C)CN2C12CC(C(F)(F)F)(C1)C2. The highest BCUT2D eigenvalue weighted by Crippen LogP contribution is 2.77. The number of aryl methyl sites for hydroxylation is 2. The minimum absolute atomic E-state index is 0.118. The number of aromatic nitrogens is 7. The number of hydrogen-bond donors (Lipinski definition) is 2. The third-order valence-corrected chi connectivity index (χ3v) is 14.2. The number of benzene rings is 1. The predicted octanol–water partition coefficient (Wildman–Crippen LogP) is 8.64. The Hall–Kier alpha value is -4.41. The molecule has 0 unspecified atom stereocenters. The summed E-state index contributed by atoms with van der Waals surface area (Å²) in [6, 6.07) is 6.14. The molecule has 0 radical (unpaired) electrons. The van der Waals surface area contributed by atoms with E-state index in [0.29, 0.717) is 42.8 Å². The molecule has 4 bridgehead atoms. The Morgan fingerprint density at radius 1 is 0.712 bits per heavy atom. The van der Waals surface area contributed by atoms with E-state index in [0.717, 1.165) is 39.6 Å². The van der Waals surface area contributed by atoms with Gasteiger partial charge in [-0.15, -0.1) is 0 Å². The van der Waals surface area contributed by atoms with E-state index in [-0.39, 0.29) is 54.6 Å². The molecule has 18 heteroatoms. The summed E-state index contributed by atoms with van der Waals surface area (Å²) in [7, 11) is 3.60. The molecule has 11 nitrogen and oxygen atoms in total. The molecule has 0 saturated heterocycles. The summed E-state index contributed by atoms with van der Waals surface area (Å²) in [5.41, 5.74) is 0.681. The maximum Gasteiger partial charge on any atom is 0.394 e. The van der Waals surface area contributed by atoms with Gasteiger partial charge in [-0.2, -0.15) is 31.4 Å². The second-order valence-corrected chi connectivity index (χ2v) is 19.6. The number of halogens is 7. The van der Waals surface area contributed by atoms with Gasteiger partial charge in [0.15, 0.2) is 0 Å². The van der Waals surface area contributed by atoms with E-state index in [2.05, 4.69) is 69.3 Å². The molecule has 5 heterocycles. The molecule has 59 heavy (non-hydrogen) atoms. The first-order chi connectivity index (χ1) is 27.4. The number of anilines is 4. The Morgan fingerprint density at radius 3 is 1.64 bits per heavy atom. The quantitative estimate of drug-likeness (QED) is 0.139. The van der Waals surface area contributed by atoms with Gasteiger partial charge in [-0.3, -0.25) is 0 Å². The maximum absolute atomic E-state index is 13.6. The van der Waals surface area contributed by atoms with E-state index in [4.69, 9.17) is 21.6 Å². The molecule has 316 valence electrons. The zero-order valence-corrected chi connectivity index (χ0v) is 35.1. The molecule has 3 aromatic heterocycles. The van der Waals surface area contributed by atoms with E-state index < -0.39 is 34.3 Å². The average Bonchev–Trinajstić information content (AvgIpc) is 3.67. The first-order valence-electron chi connectivity index (χ1n) is 19.9. The fourth-order valence-electron chi connectivity index (χ4n) is 11.2. The van der Waals surface area contributed by atoms with Crippen LogP contribution in [0.5, 0.6) is 0 Å². The number of alkyl halides is 6.